The molecule has 1 heterocycles. The summed E-state index contributed by atoms with van der Waals surface area (Å²) in [5.41, 5.74) is 16.8. The smallest absolute Gasteiger partial charge is 0.229 e. The normalized spacial score (nSPS) is 17.6. The number of nitrogens with zero attached hydrogens (tertiary/aromatic N) is 2. The van der Waals surface area contributed by atoms with E-state index in [9.17, 15) is 0 Å². The second-order valence-electron chi connectivity index (χ2n) is 20.3. The Bertz CT molecular complexity index is 2280. The summed E-state index contributed by atoms with van der Waals surface area (Å²) in [6.07, 6.45) is 16.8. The van der Waals surface area contributed by atoms with Crippen molar-refractivity contribution >= 4 is 24.0 Å². The van der Waals surface area contributed by atoms with E-state index in [0.717, 1.165) is 30.1 Å². The molecule has 0 fully saturated rings. The van der Waals surface area contributed by atoms with Gasteiger partial charge in [0.05, 0.1) is 14.1 Å². The molecule has 1 aliphatic carbocycles. The minimum absolute atomic E-state index is 0.0148. The minimum Gasteiger partial charge on any atom is -0.229 e. The lowest BCUT2D eigenvalue weighted by Crippen LogP contribution is -2.39. The third-order valence-corrected chi connectivity index (χ3v) is 12.0. The Balaban J connectivity index is 1.79. The number of anilines is 1. The lowest BCUT2D eigenvalue weighted by Gasteiger charge is -2.31. The monoisotopic (exact) mass is 792 g/mol. The molecule has 3 aromatic carbocycles. The molecule has 0 N–H and O–H groups in total. The van der Waals surface area contributed by atoms with E-state index in [1.807, 2.05) is 12.2 Å². The highest BCUT2D eigenvalue weighted by Gasteiger charge is 2.32. The highest BCUT2D eigenvalue weighted by atomic mass is 32.1. The van der Waals surface area contributed by atoms with E-state index in [-0.39, 0.29) is 26.9 Å². The van der Waals surface area contributed by atoms with E-state index < -0.39 is 0 Å². The third kappa shape index (κ3) is 9.58. The largest absolute Gasteiger partial charge is 0.281 e. The van der Waals surface area contributed by atoms with Crippen LogP contribution in [0, 0.1) is 0 Å². The zero-order valence-corrected chi connectivity index (χ0v) is 39.3. The molecule has 306 valence electrons. The molecule has 0 aliphatic heterocycles. The molecule has 1 atom stereocenters. The Morgan fingerprint density at radius 2 is 1.31 bits per heavy atom. The standard InChI is InChI=1S/C55H70N2S/c1-17-19-20-27-43-45-33-38(53(6,7)8)35-48(55(12,13)14)46(45)36-39(58)25-23-29-50(43)57(16)51-31-24-30-49(56(51)15)42-28-22-21-26-41(42)44-32-37(52(3,4)5)34-47(40(44)18-2)54(9,10)11/h17,19-35,39H,1,18,36H2,2-16H3/p+1/b20-19-,25-23-,43-27+,50-29-. The van der Waals surface area contributed by atoms with Crippen LogP contribution in [0.4, 0.5) is 5.82 Å². The maximum Gasteiger partial charge on any atom is 0.281 e. The maximum absolute atomic E-state index is 5.13. The zero-order valence-electron chi connectivity index (χ0n) is 38.4. The lowest BCUT2D eigenvalue weighted by atomic mass is 9.74. The number of pyridine rings is 1. The van der Waals surface area contributed by atoms with Gasteiger partial charge in [0.1, 0.15) is 11.4 Å². The van der Waals surface area contributed by atoms with E-state index in [1.54, 1.807) is 0 Å². The first-order valence-electron chi connectivity index (χ1n) is 21.2. The number of hydrogen-bond donors (Lipinski definition) is 1. The summed E-state index contributed by atoms with van der Waals surface area (Å²) < 4.78 is 2.37. The molecule has 0 amide bonds. The van der Waals surface area contributed by atoms with Crippen LogP contribution in [0.5, 0.6) is 0 Å². The van der Waals surface area contributed by atoms with Gasteiger partial charge in [-0.25, -0.2) is 9.47 Å². The number of hydrogen-bond acceptors (Lipinski definition) is 2. The Kier molecular flexibility index (Phi) is 13.2. The summed E-state index contributed by atoms with van der Waals surface area (Å²) in [4.78, 5) is 2.36. The van der Waals surface area contributed by atoms with Gasteiger partial charge in [0.15, 0.2) is 0 Å². The molecule has 5 rings (SSSR count). The van der Waals surface area contributed by atoms with Gasteiger partial charge in [-0.05, 0) is 103 Å². The fourth-order valence-corrected chi connectivity index (χ4v) is 8.63. The molecule has 1 aliphatic rings. The van der Waals surface area contributed by atoms with E-state index in [0.29, 0.717) is 0 Å². The van der Waals surface area contributed by atoms with Crippen LogP contribution in [0.1, 0.15) is 129 Å². The first kappa shape index (κ1) is 44.8. The number of fused-ring (bicyclic) bond motifs is 1. The molecule has 58 heavy (non-hydrogen) atoms. The highest BCUT2D eigenvalue weighted by Crippen LogP contribution is 2.43. The van der Waals surface area contributed by atoms with Crippen LogP contribution >= 0.6 is 12.6 Å². The average molecular weight is 792 g/mol. The van der Waals surface area contributed by atoms with Gasteiger partial charge >= 0.3 is 0 Å². The Labute approximate surface area is 358 Å². The van der Waals surface area contributed by atoms with Crippen LogP contribution in [-0.2, 0) is 41.5 Å². The van der Waals surface area contributed by atoms with Crippen molar-refractivity contribution in [3.63, 3.8) is 0 Å². The Hall–Kier alpha value is -4.34. The number of benzene rings is 3. The first-order chi connectivity index (χ1) is 27.0. The fraction of sp³-hybridized carbons (Fsp3) is 0.400. The number of rotatable bonds is 7. The molecule has 0 radical (unpaired) electrons. The Morgan fingerprint density at radius 3 is 1.88 bits per heavy atom. The van der Waals surface area contributed by atoms with Gasteiger partial charge in [0.25, 0.3) is 5.82 Å². The van der Waals surface area contributed by atoms with Crippen molar-refractivity contribution < 1.29 is 4.57 Å². The van der Waals surface area contributed by atoms with Crippen molar-refractivity contribution in [2.24, 2.45) is 7.05 Å². The quantitative estimate of drug-likeness (QED) is 0.111. The van der Waals surface area contributed by atoms with Crippen molar-refractivity contribution in [1.82, 2.24) is 0 Å². The molecule has 0 spiro atoms. The minimum atomic E-state index is -0.0553. The Morgan fingerprint density at radius 1 is 0.724 bits per heavy atom. The fourth-order valence-electron chi connectivity index (χ4n) is 8.35. The summed E-state index contributed by atoms with van der Waals surface area (Å²) in [5.74, 6) is 1.09. The molecule has 0 bridgehead atoms. The van der Waals surface area contributed by atoms with Gasteiger partial charge in [0, 0.05) is 22.5 Å². The van der Waals surface area contributed by atoms with Crippen LogP contribution in [0.3, 0.4) is 0 Å². The topological polar surface area (TPSA) is 7.12 Å². The molecule has 3 heteroatoms. The maximum atomic E-state index is 5.13. The van der Waals surface area contributed by atoms with Gasteiger partial charge in [-0.1, -0.05) is 182 Å². The molecule has 0 saturated carbocycles. The number of aromatic nitrogens is 1. The number of thiol groups is 1. The summed E-state index contributed by atoms with van der Waals surface area (Å²) in [5, 5.41) is 0.0748. The third-order valence-electron chi connectivity index (χ3n) is 11.7. The summed E-state index contributed by atoms with van der Waals surface area (Å²) in [6.45, 7) is 34.3. The molecule has 0 saturated heterocycles. The number of allylic oxidation sites excluding steroid dienone is 7. The summed E-state index contributed by atoms with van der Waals surface area (Å²) in [6, 6.07) is 25.6. The van der Waals surface area contributed by atoms with Crippen molar-refractivity contribution in [3.8, 4) is 22.4 Å². The van der Waals surface area contributed by atoms with E-state index >= 15 is 0 Å². The van der Waals surface area contributed by atoms with Crippen LogP contribution in [0.2, 0.25) is 0 Å². The lowest BCUT2D eigenvalue weighted by molar-refractivity contribution is -0.647. The zero-order chi connectivity index (χ0) is 43.0. The predicted molar refractivity (Wildman–Crippen MR) is 259 cm³/mol. The summed E-state index contributed by atoms with van der Waals surface area (Å²) >= 11 is 5.13. The van der Waals surface area contributed by atoms with Gasteiger partial charge in [0.2, 0.25) is 0 Å². The van der Waals surface area contributed by atoms with Gasteiger partial charge in [-0.3, -0.25) is 0 Å². The van der Waals surface area contributed by atoms with Crippen molar-refractivity contribution in [2.75, 3.05) is 11.9 Å². The molecular formula is C55H71N2S+. The van der Waals surface area contributed by atoms with E-state index in [4.69, 9.17) is 12.6 Å². The van der Waals surface area contributed by atoms with Crippen LogP contribution in [0.15, 0.2) is 122 Å². The van der Waals surface area contributed by atoms with Crippen LogP contribution < -0.4 is 9.47 Å². The van der Waals surface area contributed by atoms with Crippen molar-refractivity contribution in [2.45, 2.75) is 130 Å². The highest BCUT2D eigenvalue weighted by molar-refractivity contribution is 7.81. The molecule has 1 unspecified atom stereocenters. The van der Waals surface area contributed by atoms with E-state index in [1.165, 1.54) is 61.2 Å². The average Bonchev–Trinajstić information content (AvgIpc) is 3.19. The molecule has 4 aromatic rings. The SMILES string of the molecule is C=C\C=C/C=C1/C(N(C)c2cccc(-c3ccccc3-c3cc(C(C)(C)C)cc(C(C)(C)C)c3CC)[n+]2C)=C/C=C\C(S)Cc2c1cc(C(C)(C)C)cc2C(C)(C)C. The van der Waals surface area contributed by atoms with Gasteiger partial charge in [-0.15, -0.1) is 0 Å². The second kappa shape index (κ2) is 17.1. The molecule has 1 aromatic heterocycles. The van der Waals surface area contributed by atoms with Crippen LogP contribution in [-0.4, -0.2) is 12.3 Å². The second-order valence-corrected chi connectivity index (χ2v) is 21.0. The predicted octanol–water partition coefficient (Wildman–Crippen LogP) is 14.2. The van der Waals surface area contributed by atoms with Crippen molar-refractivity contribution in [1.29, 1.82) is 0 Å². The van der Waals surface area contributed by atoms with Gasteiger partial charge in [-0.2, -0.15) is 12.6 Å². The number of likely N-dealkylation sites (N-methyl/N-ethyl adjacent to an activating group) is 1. The van der Waals surface area contributed by atoms with Crippen LogP contribution in [0.25, 0.3) is 28.0 Å². The summed E-state index contributed by atoms with van der Waals surface area (Å²) in [7, 11) is 4.42. The molecule has 2 nitrogen and oxygen atoms in total. The van der Waals surface area contributed by atoms with Gasteiger partial charge < -0.3 is 0 Å². The first-order valence-corrected chi connectivity index (χ1v) is 21.8. The molecular weight excluding hydrogens is 721 g/mol. The van der Waals surface area contributed by atoms with E-state index in [2.05, 4.69) is 217 Å². The van der Waals surface area contributed by atoms with Crippen molar-refractivity contribution in [3.05, 3.63) is 160 Å².